The van der Waals surface area contributed by atoms with E-state index in [0.717, 1.165) is 0 Å². The van der Waals surface area contributed by atoms with Crippen LogP contribution < -0.4 is 0 Å². The number of alkyl halides is 1. The van der Waals surface area contributed by atoms with Crippen molar-refractivity contribution < 1.29 is 0 Å². The molecule has 0 unspecified atom stereocenters. The van der Waals surface area contributed by atoms with Crippen LogP contribution in [0.2, 0.25) is 0 Å². The van der Waals surface area contributed by atoms with Gasteiger partial charge in [-0.3, -0.25) is 0 Å². The van der Waals surface area contributed by atoms with Crippen LogP contribution in [0.1, 0.15) is 6.92 Å². The molecule has 0 atom stereocenters. The molecule has 2 heteroatoms. The first-order chi connectivity index (χ1) is 2.27. The summed E-state index contributed by atoms with van der Waals surface area (Å²) in [7, 11) is 0. The molecule has 0 N–H and O–H groups in total. The van der Waals surface area contributed by atoms with E-state index in [0.29, 0.717) is 0 Å². The molecular formula is C3H7I2+. The van der Waals surface area contributed by atoms with Crippen LogP contribution in [0, 0.1) is 4.43 Å². The standard InChI is InChI=1S/C3H7I2/c1-3-5(2)4/h3H,1-2H3/q+1. The summed E-state index contributed by atoms with van der Waals surface area (Å²) in [5.41, 5.74) is 0. The summed E-state index contributed by atoms with van der Waals surface area (Å²) in [6, 6.07) is 0. The molecule has 0 fully saturated rings. The summed E-state index contributed by atoms with van der Waals surface area (Å²) in [6.07, 6.45) is 0. The van der Waals surface area contributed by atoms with Gasteiger partial charge in [0.1, 0.15) is 0 Å². The maximum atomic E-state index is 2.51. The van der Waals surface area contributed by atoms with Crippen LogP contribution in [-0.2, 0) is 0 Å². The Balaban J connectivity index is 2.54. The quantitative estimate of drug-likeness (QED) is 0.396. The van der Waals surface area contributed by atoms with Crippen molar-refractivity contribution in [2.45, 2.75) is 6.92 Å². The normalized spacial score (nSPS) is 10.6. The summed E-state index contributed by atoms with van der Waals surface area (Å²) in [5, 5.41) is 0. The van der Waals surface area contributed by atoms with Gasteiger partial charge < -0.3 is 0 Å². The Morgan fingerprint density at radius 2 is 2.00 bits per heavy atom. The minimum absolute atomic E-state index is 0.437. The molecule has 5 heavy (non-hydrogen) atoms. The molecular weight excluding hydrogens is 290 g/mol. The van der Waals surface area contributed by atoms with E-state index >= 15 is 0 Å². The van der Waals surface area contributed by atoms with Gasteiger partial charge in [0.25, 0.3) is 0 Å². The van der Waals surface area contributed by atoms with Crippen molar-refractivity contribution >= 4 is 34.5 Å². The van der Waals surface area contributed by atoms with Crippen molar-refractivity contribution in [3.63, 3.8) is 0 Å². The van der Waals surface area contributed by atoms with Gasteiger partial charge in [0.15, 0.2) is 0 Å². The first-order valence-corrected chi connectivity index (χ1v) is 11.0. The van der Waals surface area contributed by atoms with E-state index in [1.165, 1.54) is 0 Å². The van der Waals surface area contributed by atoms with Crippen LogP contribution in [0.15, 0.2) is 0 Å². The monoisotopic (exact) mass is 297 g/mol. The molecule has 0 saturated heterocycles. The Hall–Kier alpha value is 1.33. The molecule has 0 aromatic rings. The van der Waals surface area contributed by atoms with Gasteiger partial charge in [0.2, 0.25) is 0 Å². The van der Waals surface area contributed by atoms with Crippen molar-refractivity contribution in [3.8, 4) is 0 Å². The second-order valence-corrected chi connectivity index (χ2v) is 13.1. The number of hydrogen-bond acceptors (Lipinski definition) is 0. The topological polar surface area (TPSA) is 0 Å². The van der Waals surface area contributed by atoms with Gasteiger partial charge in [-0.25, -0.2) is 0 Å². The van der Waals surface area contributed by atoms with Crippen LogP contribution in [-0.4, -0.2) is 4.93 Å². The van der Waals surface area contributed by atoms with Crippen molar-refractivity contribution in [1.82, 2.24) is 0 Å². The Morgan fingerprint density at radius 3 is 2.00 bits per heavy atom. The molecule has 0 nitrogen and oxygen atoms in total. The van der Waals surface area contributed by atoms with Crippen LogP contribution in [0.25, 0.3) is 0 Å². The van der Waals surface area contributed by atoms with Crippen LogP contribution >= 0.6 is 34.5 Å². The van der Waals surface area contributed by atoms with Gasteiger partial charge in [-0.2, -0.15) is 0 Å². The first-order valence-electron chi connectivity index (χ1n) is 1.32. The molecule has 0 amide bonds. The van der Waals surface area contributed by atoms with E-state index in [4.69, 9.17) is 0 Å². The molecule has 32 valence electrons. The van der Waals surface area contributed by atoms with Gasteiger partial charge in [-0.05, 0) is 0 Å². The number of hydrogen-bond donors (Lipinski definition) is 0. The van der Waals surface area contributed by atoms with E-state index in [2.05, 4.69) is 34.9 Å². The van der Waals surface area contributed by atoms with E-state index in [1.54, 1.807) is 0 Å². The third-order valence-electron chi connectivity index (χ3n) is 0.301. The molecule has 0 saturated carbocycles. The number of rotatable bonds is 1. The second kappa shape index (κ2) is 3.52. The molecule has 0 radical (unpaired) electrons. The zero-order valence-corrected chi connectivity index (χ0v) is 7.65. The average molecular weight is 297 g/mol. The Labute approximate surface area is 50.3 Å². The van der Waals surface area contributed by atoms with Gasteiger partial charge in [-0.15, -0.1) is 0 Å². The van der Waals surface area contributed by atoms with Crippen LogP contribution in [0.5, 0.6) is 0 Å². The summed E-state index contributed by atoms with van der Waals surface area (Å²) < 4.78 is 2.31. The molecule has 0 aromatic carbocycles. The van der Waals surface area contributed by atoms with E-state index in [1.807, 2.05) is 0 Å². The fourth-order valence-corrected chi connectivity index (χ4v) is 0. The van der Waals surface area contributed by atoms with Crippen LogP contribution in [0.3, 0.4) is 0 Å². The predicted octanol–water partition coefficient (Wildman–Crippen LogP) is 2.65. The van der Waals surface area contributed by atoms with E-state index in [9.17, 15) is 0 Å². The first kappa shape index (κ1) is 6.33. The van der Waals surface area contributed by atoms with Gasteiger partial charge in [0.05, 0.1) is 0 Å². The molecule has 0 rings (SSSR count). The third-order valence-corrected chi connectivity index (χ3v) is 5.18. The molecule has 0 aliphatic carbocycles. The Bertz CT molecular complexity index is 18.9. The molecule has 0 aliphatic heterocycles. The van der Waals surface area contributed by atoms with Crippen molar-refractivity contribution in [2.75, 3.05) is 4.93 Å². The van der Waals surface area contributed by atoms with E-state index < -0.39 is 15.8 Å². The van der Waals surface area contributed by atoms with Gasteiger partial charge >= 0.3 is 50.7 Å². The molecule has 0 aliphatic rings. The maximum absolute atomic E-state index is 2.51. The molecule has 0 aromatic heterocycles. The van der Waals surface area contributed by atoms with Crippen molar-refractivity contribution in [1.29, 1.82) is 0 Å². The van der Waals surface area contributed by atoms with Gasteiger partial charge in [0, 0.05) is 0 Å². The summed E-state index contributed by atoms with van der Waals surface area (Å²) in [4.78, 5) is 2.31. The molecule has 0 heterocycles. The molecule has 0 bridgehead atoms. The van der Waals surface area contributed by atoms with Crippen molar-refractivity contribution in [3.05, 3.63) is 4.43 Å². The fraction of sp³-hybridized carbons (Fsp3) is 0.667. The predicted molar refractivity (Wildman–Crippen MR) is 43.9 cm³/mol. The zero-order valence-electron chi connectivity index (χ0n) is 3.33. The van der Waals surface area contributed by atoms with Crippen molar-refractivity contribution in [2.24, 2.45) is 0 Å². The zero-order chi connectivity index (χ0) is 4.28. The van der Waals surface area contributed by atoms with E-state index in [-0.39, 0.29) is 0 Å². The average Bonchev–Trinajstić information content (AvgIpc) is 1.38. The number of halogens is 2. The SMILES string of the molecule is C[CH+]I(C)I. The summed E-state index contributed by atoms with van der Waals surface area (Å²) in [5.74, 6) is 0. The summed E-state index contributed by atoms with van der Waals surface area (Å²) in [6.45, 7) is 2.14. The second-order valence-electron chi connectivity index (χ2n) is 0.662. The Kier molecular flexibility index (Phi) is 4.45. The molecule has 0 spiro atoms. The van der Waals surface area contributed by atoms with Gasteiger partial charge in [-0.1, -0.05) is 0 Å². The minimum atomic E-state index is -0.437. The Morgan fingerprint density at radius 1 is 1.80 bits per heavy atom. The summed E-state index contributed by atoms with van der Waals surface area (Å²) >= 11 is 2.07. The van der Waals surface area contributed by atoms with Crippen LogP contribution in [0.4, 0.5) is 0 Å². The fourth-order valence-electron chi connectivity index (χ4n) is 0. The third kappa shape index (κ3) is 5.33.